The average Bonchev–Trinajstić information content (AvgIpc) is 2.78. The van der Waals surface area contributed by atoms with Gasteiger partial charge < -0.3 is 9.64 Å². The maximum absolute atomic E-state index is 11.8. The van der Waals surface area contributed by atoms with Crippen LogP contribution in [0.1, 0.15) is 34.8 Å². The second-order valence-electron chi connectivity index (χ2n) is 4.88. The third-order valence-electron chi connectivity index (χ3n) is 3.41. The van der Waals surface area contributed by atoms with Crippen molar-refractivity contribution in [2.75, 3.05) is 24.6 Å². The molecule has 0 spiro atoms. The summed E-state index contributed by atoms with van der Waals surface area (Å²) in [7, 11) is 0. The fraction of sp³-hybridized carbons (Fsp3) is 0.467. The summed E-state index contributed by atoms with van der Waals surface area (Å²) in [5, 5.41) is 0. The van der Waals surface area contributed by atoms with E-state index in [4.69, 9.17) is 4.74 Å². The molecular weight excluding hydrogens is 242 g/mol. The molecule has 2 rings (SSSR count). The molecule has 1 heterocycles. The van der Waals surface area contributed by atoms with Crippen molar-refractivity contribution in [3.05, 3.63) is 28.8 Å². The number of ether oxygens (including phenoxy) is 1. The van der Waals surface area contributed by atoms with Gasteiger partial charge in [0.05, 0.1) is 18.7 Å². The molecule has 0 radical (unpaired) electrons. The number of esters is 1. The first kappa shape index (κ1) is 13.6. The number of hydrogen-bond acceptors (Lipinski definition) is 4. The predicted octanol–water partition coefficient (Wildman–Crippen LogP) is 2.26. The first-order valence-corrected chi connectivity index (χ1v) is 6.58. The van der Waals surface area contributed by atoms with Crippen LogP contribution in [0.5, 0.6) is 0 Å². The van der Waals surface area contributed by atoms with E-state index in [0.717, 1.165) is 23.4 Å². The Morgan fingerprint density at radius 3 is 2.63 bits per heavy atom. The number of anilines is 1. The zero-order valence-electron chi connectivity index (χ0n) is 11.7. The molecule has 1 aromatic rings. The third kappa shape index (κ3) is 2.78. The van der Waals surface area contributed by atoms with Crippen molar-refractivity contribution in [2.45, 2.75) is 27.2 Å². The van der Waals surface area contributed by atoms with Crippen molar-refractivity contribution >= 4 is 17.4 Å². The van der Waals surface area contributed by atoms with Crippen LogP contribution in [0, 0.1) is 13.8 Å². The van der Waals surface area contributed by atoms with Gasteiger partial charge in [0.15, 0.2) is 5.78 Å². The molecule has 1 aliphatic heterocycles. The van der Waals surface area contributed by atoms with Crippen molar-refractivity contribution in [3.8, 4) is 0 Å². The van der Waals surface area contributed by atoms with Crippen LogP contribution in [-0.4, -0.2) is 31.4 Å². The van der Waals surface area contributed by atoms with Crippen LogP contribution in [0.4, 0.5) is 5.69 Å². The van der Waals surface area contributed by atoms with E-state index in [9.17, 15) is 9.59 Å². The highest BCUT2D eigenvalue weighted by atomic mass is 16.5. The molecule has 0 saturated carbocycles. The van der Waals surface area contributed by atoms with Crippen LogP contribution >= 0.6 is 0 Å². The van der Waals surface area contributed by atoms with Crippen LogP contribution in [0.15, 0.2) is 12.1 Å². The van der Waals surface area contributed by atoms with Gasteiger partial charge in [0.25, 0.3) is 0 Å². The van der Waals surface area contributed by atoms with E-state index >= 15 is 0 Å². The molecule has 0 aliphatic carbocycles. The van der Waals surface area contributed by atoms with Crippen LogP contribution in [0.3, 0.4) is 0 Å². The van der Waals surface area contributed by atoms with Crippen LogP contribution in [0.2, 0.25) is 0 Å². The van der Waals surface area contributed by atoms with Gasteiger partial charge >= 0.3 is 5.97 Å². The Balaban J connectivity index is 2.31. The number of Topliss-reactive ketones (excluding diaryl/α,β-unsaturated/α-hetero) is 1. The smallest absolute Gasteiger partial charge is 0.338 e. The molecule has 0 bridgehead atoms. The summed E-state index contributed by atoms with van der Waals surface area (Å²) in [4.78, 5) is 25.2. The predicted molar refractivity (Wildman–Crippen MR) is 73.7 cm³/mol. The van der Waals surface area contributed by atoms with Crippen molar-refractivity contribution in [1.82, 2.24) is 0 Å². The standard InChI is InChI=1S/C15H19NO3/c1-4-19-15(18)13-7-11(3)14(8-10(13)2)16-6-5-12(17)9-16/h7-8H,4-6,9H2,1-3H3. The molecule has 0 amide bonds. The van der Waals surface area contributed by atoms with Gasteiger partial charge in [-0.05, 0) is 44.0 Å². The number of carbonyl (C=O) groups is 2. The second kappa shape index (κ2) is 5.43. The quantitative estimate of drug-likeness (QED) is 0.783. The SMILES string of the molecule is CCOC(=O)c1cc(C)c(N2CCC(=O)C2)cc1C. The summed E-state index contributed by atoms with van der Waals surface area (Å²) in [6.07, 6.45) is 0.609. The van der Waals surface area contributed by atoms with Gasteiger partial charge in [-0.1, -0.05) is 0 Å². The lowest BCUT2D eigenvalue weighted by Crippen LogP contribution is -2.21. The monoisotopic (exact) mass is 261 g/mol. The molecule has 0 unspecified atom stereocenters. The van der Waals surface area contributed by atoms with Gasteiger partial charge in [0, 0.05) is 18.7 Å². The van der Waals surface area contributed by atoms with E-state index in [2.05, 4.69) is 4.90 Å². The molecule has 1 aliphatic rings. The summed E-state index contributed by atoms with van der Waals surface area (Å²) >= 11 is 0. The number of aryl methyl sites for hydroxylation is 2. The summed E-state index contributed by atoms with van der Waals surface area (Å²) in [6.45, 7) is 7.26. The molecule has 0 atom stereocenters. The zero-order chi connectivity index (χ0) is 14.0. The minimum Gasteiger partial charge on any atom is -0.462 e. The minimum atomic E-state index is -0.285. The van der Waals surface area contributed by atoms with Gasteiger partial charge in [-0.25, -0.2) is 4.79 Å². The normalized spacial score (nSPS) is 14.9. The number of ketones is 1. The van der Waals surface area contributed by atoms with Gasteiger partial charge in [0.1, 0.15) is 0 Å². The Labute approximate surface area is 113 Å². The Morgan fingerprint density at radius 1 is 1.32 bits per heavy atom. The number of rotatable bonds is 3. The van der Waals surface area contributed by atoms with Crippen molar-refractivity contribution in [1.29, 1.82) is 0 Å². The molecule has 19 heavy (non-hydrogen) atoms. The van der Waals surface area contributed by atoms with E-state index < -0.39 is 0 Å². The van der Waals surface area contributed by atoms with Crippen molar-refractivity contribution < 1.29 is 14.3 Å². The number of benzene rings is 1. The number of carbonyl (C=O) groups excluding carboxylic acids is 2. The molecule has 4 nitrogen and oxygen atoms in total. The van der Waals surface area contributed by atoms with Gasteiger partial charge in [-0.15, -0.1) is 0 Å². The fourth-order valence-corrected chi connectivity index (χ4v) is 2.41. The lowest BCUT2D eigenvalue weighted by molar-refractivity contribution is -0.116. The highest BCUT2D eigenvalue weighted by molar-refractivity contribution is 5.93. The fourth-order valence-electron chi connectivity index (χ4n) is 2.41. The van der Waals surface area contributed by atoms with Crippen LogP contribution < -0.4 is 4.90 Å². The molecule has 102 valence electrons. The maximum atomic E-state index is 11.8. The third-order valence-corrected chi connectivity index (χ3v) is 3.41. The van der Waals surface area contributed by atoms with Gasteiger partial charge in [-0.2, -0.15) is 0 Å². The van der Waals surface area contributed by atoms with E-state index in [-0.39, 0.29) is 11.8 Å². The average molecular weight is 261 g/mol. The number of hydrogen-bond donors (Lipinski definition) is 0. The zero-order valence-corrected chi connectivity index (χ0v) is 11.7. The Kier molecular flexibility index (Phi) is 3.88. The summed E-state index contributed by atoms with van der Waals surface area (Å²) < 4.78 is 5.04. The lowest BCUT2D eigenvalue weighted by atomic mass is 10.0. The minimum absolute atomic E-state index is 0.270. The Morgan fingerprint density at radius 2 is 2.05 bits per heavy atom. The molecule has 4 heteroatoms. The molecular formula is C15H19NO3. The summed E-state index contributed by atoms with van der Waals surface area (Å²) in [5.41, 5.74) is 3.53. The lowest BCUT2D eigenvalue weighted by Gasteiger charge is -2.21. The highest BCUT2D eigenvalue weighted by Crippen LogP contribution is 2.27. The van der Waals surface area contributed by atoms with E-state index in [1.807, 2.05) is 26.0 Å². The molecule has 1 saturated heterocycles. The molecule has 0 N–H and O–H groups in total. The van der Waals surface area contributed by atoms with Gasteiger partial charge in [-0.3, -0.25) is 4.79 Å². The first-order chi connectivity index (χ1) is 9.02. The van der Waals surface area contributed by atoms with Crippen LogP contribution in [0.25, 0.3) is 0 Å². The largest absolute Gasteiger partial charge is 0.462 e. The molecule has 1 fully saturated rings. The van der Waals surface area contributed by atoms with Gasteiger partial charge in [0.2, 0.25) is 0 Å². The molecule has 0 aromatic heterocycles. The first-order valence-electron chi connectivity index (χ1n) is 6.58. The highest BCUT2D eigenvalue weighted by Gasteiger charge is 2.22. The summed E-state index contributed by atoms with van der Waals surface area (Å²) in [6, 6.07) is 3.83. The topological polar surface area (TPSA) is 46.6 Å². The van der Waals surface area contributed by atoms with E-state index in [1.54, 1.807) is 6.92 Å². The van der Waals surface area contributed by atoms with E-state index in [0.29, 0.717) is 25.1 Å². The van der Waals surface area contributed by atoms with Crippen molar-refractivity contribution in [3.63, 3.8) is 0 Å². The Bertz CT molecular complexity index is 522. The summed E-state index contributed by atoms with van der Waals surface area (Å²) in [5.74, 6) is -0.0151. The van der Waals surface area contributed by atoms with Crippen molar-refractivity contribution in [2.24, 2.45) is 0 Å². The maximum Gasteiger partial charge on any atom is 0.338 e. The Hall–Kier alpha value is -1.84. The molecule has 1 aromatic carbocycles. The number of nitrogens with zero attached hydrogens (tertiary/aromatic N) is 1. The van der Waals surface area contributed by atoms with Crippen LogP contribution in [-0.2, 0) is 9.53 Å². The second-order valence-corrected chi connectivity index (χ2v) is 4.88. The van der Waals surface area contributed by atoms with E-state index in [1.165, 1.54) is 0 Å².